The first-order valence-corrected chi connectivity index (χ1v) is 10.8. The maximum Gasteiger partial charge on any atom is 0.226 e. The van der Waals surface area contributed by atoms with Gasteiger partial charge in [0.25, 0.3) is 0 Å². The van der Waals surface area contributed by atoms with Gasteiger partial charge in [-0.25, -0.2) is 4.98 Å². The minimum absolute atomic E-state index is 0.0203. The van der Waals surface area contributed by atoms with Crippen molar-refractivity contribution < 1.29 is 14.3 Å². The van der Waals surface area contributed by atoms with Crippen LogP contribution in [-0.2, 0) is 23.1 Å². The van der Waals surface area contributed by atoms with E-state index in [4.69, 9.17) is 4.74 Å². The first-order chi connectivity index (χ1) is 15.6. The normalized spacial score (nSPS) is 16.8. The van der Waals surface area contributed by atoms with E-state index >= 15 is 0 Å². The molecule has 1 fully saturated rings. The Morgan fingerprint density at radius 2 is 1.94 bits per heavy atom. The summed E-state index contributed by atoms with van der Waals surface area (Å²) in [5.74, 6) is 0.850. The summed E-state index contributed by atoms with van der Waals surface area (Å²) in [5, 5.41) is 3.13. The number of ether oxygens (including phenoxy) is 1. The maximum atomic E-state index is 13.2. The molecular formula is C25H28N4O3. The Balaban J connectivity index is 1.48. The number of hydrogen-bond donors (Lipinski definition) is 1. The maximum absolute atomic E-state index is 13.2. The minimum Gasteiger partial charge on any atom is -0.496 e. The molecule has 2 atom stereocenters. The van der Waals surface area contributed by atoms with Crippen molar-refractivity contribution in [3.05, 3.63) is 83.9 Å². The molecule has 7 nitrogen and oxygen atoms in total. The van der Waals surface area contributed by atoms with Crippen LogP contribution in [0.4, 0.5) is 0 Å². The van der Waals surface area contributed by atoms with Crippen molar-refractivity contribution in [3.63, 3.8) is 0 Å². The fourth-order valence-electron chi connectivity index (χ4n) is 4.17. The summed E-state index contributed by atoms with van der Waals surface area (Å²) in [6, 6.07) is 17.2. The van der Waals surface area contributed by atoms with E-state index in [1.54, 1.807) is 18.2 Å². The third-order valence-electron chi connectivity index (χ3n) is 5.95. The lowest BCUT2D eigenvalue weighted by Gasteiger charge is -2.23. The molecule has 0 aliphatic carbocycles. The molecule has 2 unspecified atom stereocenters. The molecule has 7 heteroatoms. The molecular weight excluding hydrogens is 404 g/mol. The van der Waals surface area contributed by atoms with Crippen LogP contribution in [0.1, 0.15) is 29.4 Å². The number of benzene rings is 2. The highest BCUT2D eigenvalue weighted by molar-refractivity contribution is 5.89. The summed E-state index contributed by atoms with van der Waals surface area (Å²) < 4.78 is 7.41. The predicted octanol–water partition coefficient (Wildman–Crippen LogP) is 2.73. The first-order valence-electron chi connectivity index (χ1n) is 10.8. The van der Waals surface area contributed by atoms with Crippen LogP contribution in [0.15, 0.2) is 67.0 Å². The van der Waals surface area contributed by atoms with Crippen LogP contribution >= 0.6 is 0 Å². The molecule has 4 rings (SSSR count). The monoisotopic (exact) mass is 432 g/mol. The van der Waals surface area contributed by atoms with Gasteiger partial charge in [0.1, 0.15) is 17.6 Å². The van der Waals surface area contributed by atoms with Gasteiger partial charge in [0.2, 0.25) is 11.8 Å². The Bertz CT molecular complexity index is 1080. The number of amides is 2. The van der Waals surface area contributed by atoms with Crippen LogP contribution in [0.3, 0.4) is 0 Å². The van der Waals surface area contributed by atoms with Gasteiger partial charge in [-0.05, 0) is 18.1 Å². The van der Waals surface area contributed by atoms with Crippen molar-refractivity contribution >= 4 is 11.8 Å². The predicted molar refractivity (Wildman–Crippen MR) is 121 cm³/mol. The number of likely N-dealkylation sites (tertiary alicyclic amines) is 1. The second kappa shape index (κ2) is 9.68. The van der Waals surface area contributed by atoms with Crippen molar-refractivity contribution in [2.75, 3.05) is 20.2 Å². The molecule has 1 aliphatic heterocycles. The molecule has 1 N–H and O–H groups in total. The van der Waals surface area contributed by atoms with Crippen LogP contribution < -0.4 is 10.1 Å². The third kappa shape index (κ3) is 4.66. The number of aromatic nitrogens is 2. The van der Waals surface area contributed by atoms with Crippen molar-refractivity contribution in [1.29, 1.82) is 0 Å². The van der Waals surface area contributed by atoms with Gasteiger partial charge >= 0.3 is 0 Å². The van der Waals surface area contributed by atoms with Gasteiger partial charge in [0, 0.05) is 44.5 Å². The molecule has 0 spiro atoms. The standard InChI is InChI=1S/C25H28N4O3/c1-28-15-13-26-24(28)23(20-10-6-7-11-21(20)32-2)27-25(31)19-16-22(30)29(17-19)14-12-18-8-4-3-5-9-18/h3-11,13,15,19,23H,12,14,16-17H2,1-2H3,(H,27,31). The Morgan fingerprint density at radius 1 is 1.19 bits per heavy atom. The third-order valence-corrected chi connectivity index (χ3v) is 5.95. The zero-order valence-corrected chi connectivity index (χ0v) is 18.4. The van der Waals surface area contributed by atoms with Crippen LogP contribution in [0.5, 0.6) is 5.75 Å². The van der Waals surface area contributed by atoms with Crippen molar-refractivity contribution in [3.8, 4) is 5.75 Å². The van der Waals surface area contributed by atoms with E-state index in [1.807, 2.05) is 60.3 Å². The van der Waals surface area contributed by atoms with Crippen molar-refractivity contribution in [2.24, 2.45) is 13.0 Å². The van der Waals surface area contributed by atoms with Crippen molar-refractivity contribution in [2.45, 2.75) is 18.9 Å². The lowest BCUT2D eigenvalue weighted by molar-refractivity contribution is -0.129. The topological polar surface area (TPSA) is 76.5 Å². The number of nitrogens with zero attached hydrogens (tertiary/aromatic N) is 3. The smallest absolute Gasteiger partial charge is 0.226 e. The Morgan fingerprint density at radius 3 is 2.66 bits per heavy atom. The van der Waals surface area contributed by atoms with Gasteiger partial charge < -0.3 is 19.5 Å². The van der Waals surface area contributed by atoms with E-state index in [0.29, 0.717) is 24.7 Å². The number of carbonyl (C=O) groups is 2. The molecule has 1 saturated heterocycles. The SMILES string of the molecule is COc1ccccc1C(NC(=O)C1CC(=O)N(CCc2ccccc2)C1)c1nccn1C. The Kier molecular flexibility index (Phi) is 6.54. The Hall–Kier alpha value is -3.61. The molecule has 3 aromatic rings. The van der Waals surface area contributed by atoms with Crippen LogP contribution in [0.2, 0.25) is 0 Å². The van der Waals surface area contributed by atoms with Crippen molar-refractivity contribution in [1.82, 2.24) is 19.8 Å². The largest absolute Gasteiger partial charge is 0.496 e. The second-order valence-electron chi connectivity index (χ2n) is 8.06. The summed E-state index contributed by atoms with van der Waals surface area (Å²) in [7, 11) is 3.50. The average Bonchev–Trinajstić information content (AvgIpc) is 3.41. The van der Waals surface area contributed by atoms with Gasteiger partial charge in [-0.3, -0.25) is 9.59 Å². The molecule has 166 valence electrons. The van der Waals surface area contributed by atoms with E-state index in [2.05, 4.69) is 22.4 Å². The molecule has 1 aliphatic rings. The number of carbonyl (C=O) groups excluding carboxylic acids is 2. The van der Waals surface area contributed by atoms with Crippen LogP contribution in [-0.4, -0.2) is 46.5 Å². The molecule has 2 heterocycles. The number of aryl methyl sites for hydroxylation is 1. The quantitative estimate of drug-likeness (QED) is 0.594. The fraction of sp³-hybridized carbons (Fsp3) is 0.320. The average molecular weight is 433 g/mol. The summed E-state index contributed by atoms with van der Waals surface area (Å²) in [5.41, 5.74) is 2.00. The summed E-state index contributed by atoms with van der Waals surface area (Å²) in [6.45, 7) is 1.04. The van der Waals surface area contributed by atoms with E-state index in [0.717, 1.165) is 12.0 Å². The number of nitrogens with one attached hydrogen (secondary N) is 1. The van der Waals surface area contributed by atoms with E-state index in [1.165, 1.54) is 5.56 Å². The molecule has 0 bridgehead atoms. The lowest BCUT2D eigenvalue weighted by Crippen LogP contribution is -2.37. The molecule has 2 aromatic carbocycles. The molecule has 0 saturated carbocycles. The van der Waals surface area contributed by atoms with Gasteiger partial charge in [0.15, 0.2) is 0 Å². The van der Waals surface area contributed by atoms with Gasteiger partial charge in [-0.2, -0.15) is 0 Å². The van der Waals surface area contributed by atoms with Gasteiger partial charge in [0.05, 0.1) is 13.0 Å². The number of para-hydroxylation sites is 1. The van der Waals surface area contributed by atoms with Gasteiger partial charge in [-0.1, -0.05) is 48.5 Å². The van der Waals surface area contributed by atoms with Gasteiger partial charge in [-0.15, -0.1) is 0 Å². The number of rotatable bonds is 8. The first kappa shape index (κ1) is 21.6. The summed E-state index contributed by atoms with van der Waals surface area (Å²) in [4.78, 5) is 32.0. The van der Waals surface area contributed by atoms with Crippen LogP contribution in [0.25, 0.3) is 0 Å². The number of hydrogen-bond acceptors (Lipinski definition) is 4. The highest BCUT2D eigenvalue weighted by atomic mass is 16.5. The molecule has 1 aromatic heterocycles. The molecule has 32 heavy (non-hydrogen) atoms. The highest BCUT2D eigenvalue weighted by Crippen LogP contribution is 2.30. The Labute approximate surface area is 188 Å². The summed E-state index contributed by atoms with van der Waals surface area (Å²) >= 11 is 0. The number of imidazole rings is 1. The van der Waals surface area contributed by atoms with E-state index in [9.17, 15) is 9.59 Å². The van der Waals surface area contributed by atoms with E-state index < -0.39 is 12.0 Å². The number of methoxy groups -OCH3 is 1. The zero-order valence-electron chi connectivity index (χ0n) is 18.4. The minimum atomic E-state index is -0.480. The lowest BCUT2D eigenvalue weighted by atomic mass is 10.0. The van der Waals surface area contributed by atoms with E-state index in [-0.39, 0.29) is 18.2 Å². The highest BCUT2D eigenvalue weighted by Gasteiger charge is 2.36. The molecule has 0 radical (unpaired) electrons. The molecule has 2 amide bonds. The van der Waals surface area contributed by atoms with Crippen LogP contribution in [0, 0.1) is 5.92 Å². The second-order valence-corrected chi connectivity index (χ2v) is 8.06. The zero-order chi connectivity index (χ0) is 22.5. The summed E-state index contributed by atoms with van der Waals surface area (Å²) in [6.07, 6.45) is 4.54. The fourth-order valence-corrected chi connectivity index (χ4v) is 4.17.